The monoisotopic (exact) mass is 213 g/mol. The van der Waals surface area contributed by atoms with E-state index in [1.54, 1.807) is 0 Å². The van der Waals surface area contributed by atoms with E-state index >= 15 is 0 Å². The van der Waals surface area contributed by atoms with Gasteiger partial charge in [0.05, 0.1) is 6.54 Å². The molecule has 2 heterocycles. The summed E-state index contributed by atoms with van der Waals surface area (Å²) in [6.45, 7) is 8.40. The van der Waals surface area contributed by atoms with Gasteiger partial charge in [-0.25, -0.2) is 0 Å². The summed E-state index contributed by atoms with van der Waals surface area (Å²) in [7, 11) is 0. The van der Waals surface area contributed by atoms with Crippen LogP contribution < -0.4 is 0 Å². The Morgan fingerprint density at radius 3 is 3.07 bits per heavy atom. The molecular formula is C10H17N2OS. The molecule has 14 heavy (non-hydrogen) atoms. The van der Waals surface area contributed by atoms with Crippen molar-refractivity contribution in [2.24, 2.45) is 0 Å². The van der Waals surface area contributed by atoms with Gasteiger partial charge in [0.1, 0.15) is 5.78 Å². The SMILES string of the molecule is [CH2]C(=O)CN1CCN2CCSCC2C1. The first-order valence-electron chi connectivity index (χ1n) is 5.14. The van der Waals surface area contributed by atoms with E-state index in [0.29, 0.717) is 12.6 Å². The summed E-state index contributed by atoms with van der Waals surface area (Å²) in [4.78, 5) is 15.7. The number of hydrogen-bond donors (Lipinski definition) is 0. The third kappa shape index (κ3) is 2.49. The van der Waals surface area contributed by atoms with Gasteiger partial charge < -0.3 is 0 Å². The van der Waals surface area contributed by atoms with Gasteiger partial charge in [-0.1, -0.05) is 0 Å². The predicted molar refractivity (Wildman–Crippen MR) is 59.5 cm³/mol. The standard InChI is InChI=1S/C10H17N2OS/c1-9(13)6-11-2-3-12-4-5-14-8-10(12)7-11/h10H,1-8H2. The van der Waals surface area contributed by atoms with Crippen LogP contribution in [0.25, 0.3) is 0 Å². The molecule has 0 saturated carbocycles. The molecule has 1 unspecified atom stereocenters. The van der Waals surface area contributed by atoms with Gasteiger partial charge >= 0.3 is 0 Å². The van der Waals surface area contributed by atoms with Crippen molar-refractivity contribution in [3.63, 3.8) is 0 Å². The lowest BCUT2D eigenvalue weighted by molar-refractivity contribution is -0.116. The zero-order chi connectivity index (χ0) is 9.97. The van der Waals surface area contributed by atoms with Crippen LogP contribution >= 0.6 is 11.8 Å². The van der Waals surface area contributed by atoms with Gasteiger partial charge in [0.2, 0.25) is 0 Å². The molecule has 0 amide bonds. The van der Waals surface area contributed by atoms with Crippen LogP contribution in [-0.2, 0) is 4.79 Å². The van der Waals surface area contributed by atoms with Crippen molar-refractivity contribution in [1.29, 1.82) is 0 Å². The number of Topliss-reactive ketones (excluding diaryl/α,β-unsaturated/α-hetero) is 1. The van der Waals surface area contributed by atoms with Crippen LogP contribution in [0.15, 0.2) is 0 Å². The van der Waals surface area contributed by atoms with Gasteiger partial charge in [-0.3, -0.25) is 14.6 Å². The lowest BCUT2D eigenvalue weighted by atomic mass is 10.2. The molecule has 2 fully saturated rings. The maximum atomic E-state index is 10.9. The third-order valence-corrected chi connectivity index (χ3v) is 4.01. The van der Waals surface area contributed by atoms with Crippen molar-refractivity contribution in [2.45, 2.75) is 6.04 Å². The highest BCUT2D eigenvalue weighted by Gasteiger charge is 2.29. The minimum absolute atomic E-state index is 0.0434. The second kappa shape index (κ2) is 4.64. The molecule has 0 N–H and O–H groups in total. The van der Waals surface area contributed by atoms with Gasteiger partial charge in [0, 0.05) is 50.7 Å². The molecule has 2 aliphatic rings. The summed E-state index contributed by atoms with van der Waals surface area (Å²) in [5, 5.41) is 0. The van der Waals surface area contributed by atoms with Gasteiger partial charge in [0.15, 0.2) is 0 Å². The second-order valence-corrected chi connectivity index (χ2v) is 5.19. The van der Waals surface area contributed by atoms with E-state index in [2.05, 4.69) is 16.7 Å². The molecule has 0 bridgehead atoms. The zero-order valence-electron chi connectivity index (χ0n) is 8.45. The molecule has 79 valence electrons. The first-order valence-corrected chi connectivity index (χ1v) is 6.30. The first kappa shape index (κ1) is 10.5. The number of fused-ring (bicyclic) bond motifs is 1. The zero-order valence-corrected chi connectivity index (χ0v) is 9.26. The van der Waals surface area contributed by atoms with Gasteiger partial charge in [-0.05, 0) is 0 Å². The van der Waals surface area contributed by atoms with Crippen LogP contribution in [0.4, 0.5) is 0 Å². The topological polar surface area (TPSA) is 23.6 Å². The Balaban J connectivity index is 1.86. The highest BCUT2D eigenvalue weighted by molar-refractivity contribution is 7.99. The maximum absolute atomic E-state index is 10.9. The summed E-state index contributed by atoms with van der Waals surface area (Å²) in [5.41, 5.74) is 0. The van der Waals surface area contributed by atoms with E-state index in [1.807, 2.05) is 11.8 Å². The smallest absolute Gasteiger partial charge is 0.147 e. The number of carbonyl (C=O) groups is 1. The lowest BCUT2D eigenvalue weighted by Crippen LogP contribution is -2.57. The van der Waals surface area contributed by atoms with E-state index in [1.165, 1.54) is 18.1 Å². The van der Waals surface area contributed by atoms with Crippen molar-refractivity contribution in [3.05, 3.63) is 6.92 Å². The fraction of sp³-hybridized carbons (Fsp3) is 0.800. The molecule has 0 aromatic heterocycles. The molecule has 1 radical (unpaired) electrons. The number of carbonyl (C=O) groups excluding carboxylic acids is 1. The second-order valence-electron chi connectivity index (χ2n) is 4.04. The minimum atomic E-state index is 0.0434. The molecule has 2 saturated heterocycles. The van der Waals surface area contributed by atoms with Crippen LogP contribution in [0.1, 0.15) is 0 Å². The molecule has 4 heteroatoms. The fourth-order valence-corrected chi connectivity index (χ4v) is 3.32. The van der Waals surface area contributed by atoms with Crippen LogP contribution in [0.2, 0.25) is 0 Å². The van der Waals surface area contributed by atoms with Crippen LogP contribution in [0, 0.1) is 6.92 Å². The van der Waals surface area contributed by atoms with Gasteiger partial charge in [-0.15, -0.1) is 0 Å². The van der Waals surface area contributed by atoms with Crippen molar-refractivity contribution in [3.8, 4) is 0 Å². The average Bonchev–Trinajstić information content (AvgIpc) is 2.17. The normalized spacial score (nSPS) is 29.9. The number of nitrogens with zero attached hydrogens (tertiary/aromatic N) is 2. The Kier molecular flexibility index (Phi) is 3.47. The van der Waals surface area contributed by atoms with E-state index < -0.39 is 0 Å². The molecular weight excluding hydrogens is 196 g/mol. The Bertz CT molecular complexity index is 222. The van der Waals surface area contributed by atoms with Crippen LogP contribution in [0.5, 0.6) is 0 Å². The number of ketones is 1. The molecule has 1 atom stereocenters. The fourth-order valence-electron chi connectivity index (χ4n) is 2.20. The third-order valence-electron chi connectivity index (χ3n) is 2.92. The predicted octanol–water partition coefficient (Wildman–Crippen LogP) is 0.123. The largest absolute Gasteiger partial charge is 0.298 e. The molecule has 3 nitrogen and oxygen atoms in total. The average molecular weight is 213 g/mol. The molecule has 0 aromatic rings. The Hall–Kier alpha value is -0.0600. The maximum Gasteiger partial charge on any atom is 0.147 e. The minimum Gasteiger partial charge on any atom is -0.298 e. The quantitative estimate of drug-likeness (QED) is 0.650. The summed E-state index contributed by atoms with van der Waals surface area (Å²) >= 11 is 2.03. The highest BCUT2D eigenvalue weighted by atomic mass is 32.2. The summed E-state index contributed by atoms with van der Waals surface area (Å²) in [6, 6.07) is 0.668. The first-order chi connectivity index (χ1) is 6.75. The van der Waals surface area contributed by atoms with Gasteiger partial charge in [0.25, 0.3) is 0 Å². The lowest BCUT2D eigenvalue weighted by Gasteiger charge is -2.43. The number of rotatable bonds is 2. The Morgan fingerprint density at radius 1 is 1.43 bits per heavy atom. The number of piperazine rings is 1. The molecule has 0 spiro atoms. The van der Waals surface area contributed by atoms with E-state index in [0.717, 1.165) is 19.6 Å². The molecule has 2 rings (SSSR count). The Morgan fingerprint density at radius 2 is 2.29 bits per heavy atom. The molecule has 0 aromatic carbocycles. The summed E-state index contributed by atoms with van der Waals surface area (Å²) < 4.78 is 0. The highest BCUT2D eigenvalue weighted by Crippen LogP contribution is 2.19. The summed E-state index contributed by atoms with van der Waals surface area (Å²) in [6.07, 6.45) is 0. The van der Waals surface area contributed by atoms with Gasteiger partial charge in [-0.2, -0.15) is 11.8 Å². The van der Waals surface area contributed by atoms with Crippen molar-refractivity contribution in [1.82, 2.24) is 9.80 Å². The van der Waals surface area contributed by atoms with Crippen molar-refractivity contribution in [2.75, 3.05) is 44.2 Å². The van der Waals surface area contributed by atoms with E-state index in [4.69, 9.17) is 0 Å². The Labute approximate surface area is 89.8 Å². The summed E-state index contributed by atoms with van der Waals surface area (Å²) in [5.74, 6) is 2.54. The van der Waals surface area contributed by atoms with E-state index in [-0.39, 0.29) is 5.78 Å². The van der Waals surface area contributed by atoms with E-state index in [9.17, 15) is 4.79 Å². The molecule has 0 aliphatic carbocycles. The molecule has 2 aliphatic heterocycles. The number of thioether (sulfide) groups is 1. The van der Waals surface area contributed by atoms with Crippen LogP contribution in [0.3, 0.4) is 0 Å². The van der Waals surface area contributed by atoms with Crippen LogP contribution in [-0.4, -0.2) is 65.9 Å². The van der Waals surface area contributed by atoms with Crippen molar-refractivity contribution >= 4 is 17.5 Å². The number of hydrogen-bond acceptors (Lipinski definition) is 4. The van der Waals surface area contributed by atoms with Crippen molar-refractivity contribution < 1.29 is 4.79 Å².